The van der Waals surface area contributed by atoms with Crippen molar-refractivity contribution in [2.75, 3.05) is 0 Å². The number of benzene rings is 1. The first-order valence-corrected chi connectivity index (χ1v) is 8.69. The molecule has 2 aromatic rings. The van der Waals surface area contributed by atoms with Crippen LogP contribution in [0.1, 0.15) is 32.0 Å². The van der Waals surface area contributed by atoms with Crippen molar-refractivity contribution < 1.29 is 14.3 Å². The highest BCUT2D eigenvalue weighted by Gasteiger charge is 2.24. The van der Waals surface area contributed by atoms with Gasteiger partial charge in [-0.1, -0.05) is 29.8 Å². The zero-order valence-electron chi connectivity index (χ0n) is 15.5. The van der Waals surface area contributed by atoms with Crippen LogP contribution in [-0.4, -0.2) is 22.7 Å². The predicted octanol–water partition coefficient (Wildman–Crippen LogP) is 3.10. The van der Waals surface area contributed by atoms with Crippen LogP contribution in [0.25, 0.3) is 5.57 Å². The zero-order chi connectivity index (χ0) is 20.0. The number of aldehydes is 1. The van der Waals surface area contributed by atoms with Crippen LogP contribution in [0.3, 0.4) is 0 Å². The molecule has 0 saturated carbocycles. The number of hydrogen-bond acceptors (Lipinski definition) is 5. The topological polar surface area (TPSA) is 94.3 Å². The number of hydrogen-bond donors (Lipinski definition) is 2. The van der Waals surface area contributed by atoms with Gasteiger partial charge in [0.25, 0.3) is 5.91 Å². The van der Waals surface area contributed by atoms with Gasteiger partial charge >= 0.3 is 0 Å². The van der Waals surface area contributed by atoms with Crippen molar-refractivity contribution in [3.63, 3.8) is 0 Å². The third-order valence-electron chi connectivity index (χ3n) is 3.69. The van der Waals surface area contributed by atoms with E-state index in [1.807, 2.05) is 18.2 Å². The molecule has 0 aliphatic rings. The minimum absolute atomic E-state index is 0.188. The summed E-state index contributed by atoms with van der Waals surface area (Å²) in [5.41, 5.74) is 6.54. The van der Waals surface area contributed by atoms with Crippen molar-refractivity contribution in [2.24, 2.45) is 5.73 Å². The van der Waals surface area contributed by atoms with E-state index in [9.17, 15) is 9.59 Å². The number of carbonyl (C=O) groups excluding carboxylic acids is 2. The number of allylic oxidation sites excluding steroid dienone is 1. The fourth-order valence-corrected chi connectivity index (χ4v) is 2.49. The van der Waals surface area contributed by atoms with Gasteiger partial charge in [0.05, 0.1) is 16.8 Å². The molecule has 0 aliphatic carbocycles. The van der Waals surface area contributed by atoms with Gasteiger partial charge in [-0.2, -0.15) is 0 Å². The van der Waals surface area contributed by atoms with E-state index in [4.69, 9.17) is 22.1 Å². The Kier molecular flexibility index (Phi) is 6.58. The minimum Gasteiger partial charge on any atom is -0.489 e. The van der Waals surface area contributed by atoms with E-state index in [1.54, 1.807) is 39.0 Å². The Morgan fingerprint density at radius 2 is 2.04 bits per heavy atom. The van der Waals surface area contributed by atoms with Crippen LogP contribution in [0.15, 0.2) is 48.3 Å². The second-order valence-corrected chi connectivity index (χ2v) is 7.02. The van der Waals surface area contributed by atoms with Crippen LogP contribution < -0.4 is 15.8 Å². The van der Waals surface area contributed by atoms with E-state index in [0.29, 0.717) is 22.8 Å². The maximum absolute atomic E-state index is 12.6. The molecule has 7 heteroatoms. The molecule has 1 heterocycles. The molecular formula is C20H22ClN3O3. The molecular weight excluding hydrogens is 366 g/mol. The lowest BCUT2D eigenvalue weighted by molar-refractivity contribution is -0.121. The Morgan fingerprint density at radius 3 is 2.67 bits per heavy atom. The normalized spacial score (nSPS) is 12.1. The molecule has 1 aromatic carbocycles. The van der Waals surface area contributed by atoms with Gasteiger partial charge in [0, 0.05) is 28.5 Å². The van der Waals surface area contributed by atoms with Crippen LogP contribution in [0.2, 0.25) is 5.02 Å². The maximum Gasteiger partial charge on any atom is 0.255 e. The summed E-state index contributed by atoms with van der Waals surface area (Å²) in [7, 11) is 0. The quantitative estimate of drug-likeness (QED) is 0.562. The van der Waals surface area contributed by atoms with Crippen LogP contribution in [0.4, 0.5) is 0 Å². The number of nitrogens with one attached hydrogen (secondary N) is 1. The number of amides is 1. The van der Waals surface area contributed by atoms with E-state index >= 15 is 0 Å². The highest BCUT2D eigenvalue weighted by atomic mass is 35.5. The first kappa shape index (κ1) is 20.5. The summed E-state index contributed by atoms with van der Waals surface area (Å²) in [6.45, 7) is 5.06. The largest absolute Gasteiger partial charge is 0.489 e. The van der Waals surface area contributed by atoms with Gasteiger partial charge in [-0.05, 0) is 32.9 Å². The molecule has 6 nitrogen and oxygen atoms in total. The molecule has 0 saturated heterocycles. The molecule has 1 amide bonds. The van der Waals surface area contributed by atoms with Gasteiger partial charge in [-0.25, -0.2) is 0 Å². The number of rotatable bonds is 7. The average Bonchev–Trinajstić information content (AvgIpc) is 2.61. The van der Waals surface area contributed by atoms with Crippen LogP contribution in [0.5, 0.6) is 5.75 Å². The third kappa shape index (κ3) is 5.56. The second-order valence-electron chi connectivity index (χ2n) is 6.61. The monoisotopic (exact) mass is 387 g/mol. The molecule has 0 radical (unpaired) electrons. The standard InChI is InChI=1S/C20H22ClN3O3/c1-13(22)18(19(26)24-20(2,3)12-25)17-10-15(8-9-23-17)27-11-14-6-4-5-7-16(14)21/h4-10,12H,11,22H2,1-3H3,(H,24,26)/b18-13+. The molecule has 0 bridgehead atoms. The number of halogens is 1. The highest BCUT2D eigenvalue weighted by molar-refractivity contribution is 6.31. The van der Waals surface area contributed by atoms with Crippen LogP contribution in [0, 0.1) is 0 Å². The summed E-state index contributed by atoms with van der Waals surface area (Å²) in [4.78, 5) is 27.9. The van der Waals surface area contributed by atoms with Crippen molar-refractivity contribution >= 4 is 29.4 Å². The second kappa shape index (κ2) is 8.68. The predicted molar refractivity (Wildman–Crippen MR) is 105 cm³/mol. The third-order valence-corrected chi connectivity index (χ3v) is 4.06. The number of nitrogens with two attached hydrogens (primary N) is 1. The van der Waals surface area contributed by atoms with E-state index in [-0.39, 0.29) is 17.9 Å². The number of ether oxygens (including phenoxy) is 1. The van der Waals surface area contributed by atoms with Gasteiger partial charge in [-0.15, -0.1) is 0 Å². The summed E-state index contributed by atoms with van der Waals surface area (Å²) in [5.74, 6) is 0.0315. The number of pyridine rings is 1. The molecule has 2 rings (SSSR count). The smallest absolute Gasteiger partial charge is 0.255 e. The molecule has 3 N–H and O–H groups in total. The van der Waals surface area contributed by atoms with Crippen molar-refractivity contribution in [1.29, 1.82) is 0 Å². The highest BCUT2D eigenvalue weighted by Crippen LogP contribution is 2.22. The number of aromatic nitrogens is 1. The lowest BCUT2D eigenvalue weighted by Crippen LogP contribution is -2.45. The Bertz CT molecular complexity index is 874. The van der Waals surface area contributed by atoms with E-state index < -0.39 is 11.4 Å². The van der Waals surface area contributed by atoms with Crippen molar-refractivity contribution in [1.82, 2.24) is 10.3 Å². The molecule has 0 unspecified atom stereocenters. The van der Waals surface area contributed by atoms with Gasteiger partial charge in [0.15, 0.2) is 0 Å². The first-order chi connectivity index (χ1) is 12.7. The lowest BCUT2D eigenvalue weighted by Gasteiger charge is -2.20. The first-order valence-electron chi connectivity index (χ1n) is 8.31. The van der Waals surface area contributed by atoms with Gasteiger partial charge < -0.3 is 20.6 Å². The zero-order valence-corrected chi connectivity index (χ0v) is 16.2. The van der Waals surface area contributed by atoms with Crippen LogP contribution in [-0.2, 0) is 16.2 Å². The molecule has 0 fully saturated rings. The fourth-order valence-electron chi connectivity index (χ4n) is 2.30. The number of nitrogens with zero attached hydrogens (tertiary/aromatic N) is 1. The molecule has 0 atom stereocenters. The van der Waals surface area contributed by atoms with Crippen molar-refractivity contribution in [3.8, 4) is 5.75 Å². The van der Waals surface area contributed by atoms with Gasteiger partial charge in [0.2, 0.25) is 0 Å². The van der Waals surface area contributed by atoms with E-state index in [2.05, 4.69) is 10.3 Å². The Hall–Kier alpha value is -2.86. The van der Waals surface area contributed by atoms with E-state index in [0.717, 1.165) is 5.56 Å². The number of carbonyl (C=O) groups is 2. The lowest BCUT2D eigenvalue weighted by atomic mass is 10.0. The van der Waals surface area contributed by atoms with Crippen molar-refractivity contribution in [2.45, 2.75) is 32.9 Å². The van der Waals surface area contributed by atoms with E-state index in [1.165, 1.54) is 6.20 Å². The summed E-state index contributed by atoms with van der Waals surface area (Å²) in [6.07, 6.45) is 2.18. The maximum atomic E-state index is 12.6. The van der Waals surface area contributed by atoms with Gasteiger partial charge in [0.1, 0.15) is 18.6 Å². The summed E-state index contributed by atoms with van der Waals surface area (Å²) >= 11 is 6.13. The summed E-state index contributed by atoms with van der Waals surface area (Å²) < 4.78 is 5.77. The van der Waals surface area contributed by atoms with Crippen molar-refractivity contribution in [3.05, 3.63) is 64.6 Å². The Morgan fingerprint density at radius 1 is 1.33 bits per heavy atom. The summed E-state index contributed by atoms with van der Waals surface area (Å²) in [6, 6.07) is 10.7. The minimum atomic E-state index is -1.02. The van der Waals surface area contributed by atoms with Gasteiger partial charge in [-0.3, -0.25) is 9.78 Å². The SMILES string of the molecule is C/C(N)=C(\C(=O)NC(C)(C)C=O)c1cc(OCc2ccccc2Cl)ccn1. The molecule has 27 heavy (non-hydrogen) atoms. The summed E-state index contributed by atoms with van der Waals surface area (Å²) in [5, 5.41) is 3.24. The fraction of sp³-hybridized carbons (Fsp3) is 0.250. The molecule has 0 aliphatic heterocycles. The van der Waals surface area contributed by atoms with Crippen LogP contribution >= 0.6 is 11.6 Å². The average molecular weight is 388 g/mol. The molecule has 142 valence electrons. The Balaban J connectivity index is 2.23. The molecule has 0 spiro atoms. The molecule has 1 aromatic heterocycles. The Labute approximate surface area is 163 Å².